The molecule has 0 saturated carbocycles. The van der Waals surface area contributed by atoms with Crippen molar-refractivity contribution in [3.05, 3.63) is 0 Å². The second kappa shape index (κ2) is 7.49. The van der Waals surface area contributed by atoms with Crippen molar-refractivity contribution in [3.8, 4) is 0 Å². The van der Waals surface area contributed by atoms with Gasteiger partial charge in [0.15, 0.2) is 0 Å². The maximum absolute atomic E-state index is 9.16. The molecule has 4 heteroatoms. The molecule has 0 aliphatic carbocycles. The van der Waals surface area contributed by atoms with Crippen LogP contribution in [0.1, 0.15) is 26.7 Å². The molecule has 1 rings (SSSR count). The van der Waals surface area contributed by atoms with Crippen molar-refractivity contribution in [2.45, 2.75) is 44.9 Å². The first-order chi connectivity index (χ1) is 7.22. The lowest BCUT2D eigenvalue weighted by atomic mass is 10.3. The van der Waals surface area contributed by atoms with Crippen molar-refractivity contribution in [2.75, 3.05) is 24.7 Å². The zero-order valence-electron chi connectivity index (χ0n) is 9.74. The Kier molecular flexibility index (Phi) is 6.64. The highest BCUT2D eigenvalue weighted by atomic mass is 32.2. The number of ether oxygens (including phenoxy) is 1. The number of aliphatic hydroxyl groups excluding tert-OH is 1. The number of rotatable bonds is 7. The summed E-state index contributed by atoms with van der Waals surface area (Å²) in [5, 5.41) is 12.5. The average molecular weight is 233 g/mol. The Labute approximate surface area is 97.0 Å². The van der Waals surface area contributed by atoms with Crippen LogP contribution in [0.2, 0.25) is 0 Å². The lowest BCUT2D eigenvalue weighted by molar-refractivity contribution is 0.129. The largest absolute Gasteiger partial charge is 0.395 e. The molecule has 1 saturated heterocycles. The van der Waals surface area contributed by atoms with E-state index in [4.69, 9.17) is 9.84 Å². The van der Waals surface area contributed by atoms with E-state index in [1.54, 1.807) is 0 Å². The summed E-state index contributed by atoms with van der Waals surface area (Å²) in [6.45, 7) is 5.36. The van der Waals surface area contributed by atoms with Crippen LogP contribution in [0.5, 0.6) is 0 Å². The quantitative estimate of drug-likeness (QED) is 0.694. The van der Waals surface area contributed by atoms with Gasteiger partial charge in [0.05, 0.1) is 12.7 Å². The molecule has 0 aromatic heterocycles. The Balaban J connectivity index is 2.05. The minimum Gasteiger partial charge on any atom is -0.395 e. The Morgan fingerprint density at radius 3 is 2.87 bits per heavy atom. The third kappa shape index (κ3) is 5.76. The summed E-state index contributed by atoms with van der Waals surface area (Å²) in [5.74, 6) is 2.03. The predicted octanol–water partition coefficient (Wildman–Crippen LogP) is 1.26. The third-order valence-electron chi connectivity index (χ3n) is 2.44. The zero-order valence-corrected chi connectivity index (χ0v) is 10.6. The van der Waals surface area contributed by atoms with Crippen LogP contribution in [0.25, 0.3) is 0 Å². The monoisotopic (exact) mass is 233 g/mol. The predicted molar refractivity (Wildman–Crippen MR) is 65.4 cm³/mol. The highest BCUT2D eigenvalue weighted by Crippen LogP contribution is 2.17. The standard InChI is InChI=1S/C11H23NO2S/c1-9(2)12-10(6-13)7-15-8-11-4-3-5-14-11/h9-13H,3-8H2,1-2H3. The number of hydrogen-bond acceptors (Lipinski definition) is 4. The molecule has 0 spiro atoms. The first kappa shape index (κ1) is 13.3. The fourth-order valence-electron chi connectivity index (χ4n) is 1.74. The molecule has 0 bridgehead atoms. The minimum atomic E-state index is 0.219. The number of aliphatic hydroxyl groups is 1. The number of thioether (sulfide) groups is 1. The lowest BCUT2D eigenvalue weighted by Crippen LogP contribution is -2.39. The normalized spacial score (nSPS) is 23.6. The summed E-state index contributed by atoms with van der Waals surface area (Å²) in [4.78, 5) is 0. The lowest BCUT2D eigenvalue weighted by Gasteiger charge is -2.19. The Morgan fingerprint density at radius 1 is 1.53 bits per heavy atom. The molecule has 2 N–H and O–H groups in total. The SMILES string of the molecule is CC(C)NC(CO)CSCC1CCCO1. The first-order valence-electron chi connectivity index (χ1n) is 5.78. The Morgan fingerprint density at radius 2 is 2.33 bits per heavy atom. The van der Waals surface area contributed by atoms with Gasteiger partial charge >= 0.3 is 0 Å². The van der Waals surface area contributed by atoms with Crippen molar-refractivity contribution in [1.82, 2.24) is 5.32 Å². The molecule has 1 heterocycles. The van der Waals surface area contributed by atoms with E-state index in [0.717, 1.165) is 18.1 Å². The summed E-state index contributed by atoms with van der Waals surface area (Å²) in [6.07, 6.45) is 2.86. The number of hydrogen-bond donors (Lipinski definition) is 2. The van der Waals surface area contributed by atoms with E-state index >= 15 is 0 Å². The van der Waals surface area contributed by atoms with E-state index in [2.05, 4.69) is 19.2 Å². The highest BCUT2D eigenvalue weighted by Gasteiger charge is 2.16. The molecule has 1 fully saturated rings. The van der Waals surface area contributed by atoms with Crippen molar-refractivity contribution in [1.29, 1.82) is 0 Å². The molecule has 0 aromatic carbocycles. The summed E-state index contributed by atoms with van der Waals surface area (Å²) < 4.78 is 5.55. The fraction of sp³-hybridized carbons (Fsp3) is 1.00. The van der Waals surface area contributed by atoms with Gasteiger partial charge in [-0.05, 0) is 12.8 Å². The summed E-state index contributed by atoms with van der Waals surface area (Å²) >= 11 is 1.88. The van der Waals surface area contributed by atoms with Crippen molar-refractivity contribution >= 4 is 11.8 Å². The first-order valence-corrected chi connectivity index (χ1v) is 6.94. The molecule has 1 aliphatic rings. The van der Waals surface area contributed by atoms with Gasteiger partial charge in [-0.25, -0.2) is 0 Å². The van der Waals surface area contributed by atoms with E-state index in [9.17, 15) is 0 Å². The average Bonchev–Trinajstić information content (AvgIpc) is 2.68. The van der Waals surface area contributed by atoms with Gasteiger partial charge in [0.25, 0.3) is 0 Å². The second-order valence-electron chi connectivity index (χ2n) is 4.37. The van der Waals surface area contributed by atoms with Crippen LogP contribution in [-0.4, -0.2) is 48.0 Å². The molecule has 2 unspecified atom stereocenters. The molecule has 0 radical (unpaired) electrons. The van der Waals surface area contributed by atoms with Crippen LogP contribution in [0.4, 0.5) is 0 Å². The van der Waals surface area contributed by atoms with Gasteiger partial charge in [-0.2, -0.15) is 11.8 Å². The Bertz CT molecular complexity index is 161. The molecule has 3 nitrogen and oxygen atoms in total. The van der Waals surface area contributed by atoms with Gasteiger partial charge in [0.2, 0.25) is 0 Å². The molecule has 15 heavy (non-hydrogen) atoms. The third-order valence-corrected chi connectivity index (χ3v) is 3.68. The molecular formula is C11H23NO2S. The summed E-state index contributed by atoms with van der Waals surface area (Å²) in [7, 11) is 0. The molecule has 2 atom stereocenters. The smallest absolute Gasteiger partial charge is 0.0666 e. The van der Waals surface area contributed by atoms with E-state index in [-0.39, 0.29) is 12.6 Å². The van der Waals surface area contributed by atoms with Crippen molar-refractivity contribution < 1.29 is 9.84 Å². The zero-order chi connectivity index (χ0) is 11.1. The molecule has 0 aromatic rings. The topological polar surface area (TPSA) is 41.5 Å². The van der Waals surface area contributed by atoms with Crippen LogP contribution in [0.3, 0.4) is 0 Å². The van der Waals surface area contributed by atoms with Gasteiger partial charge in [0, 0.05) is 30.2 Å². The van der Waals surface area contributed by atoms with Crippen molar-refractivity contribution in [2.24, 2.45) is 0 Å². The fourth-order valence-corrected chi connectivity index (χ4v) is 2.89. The van der Waals surface area contributed by atoms with Gasteiger partial charge in [-0.1, -0.05) is 13.8 Å². The van der Waals surface area contributed by atoms with Crippen LogP contribution in [0, 0.1) is 0 Å². The maximum Gasteiger partial charge on any atom is 0.0666 e. The maximum atomic E-state index is 9.16. The van der Waals surface area contributed by atoms with Gasteiger partial charge < -0.3 is 15.2 Å². The highest BCUT2D eigenvalue weighted by molar-refractivity contribution is 7.99. The van der Waals surface area contributed by atoms with Crippen LogP contribution < -0.4 is 5.32 Å². The van der Waals surface area contributed by atoms with E-state index < -0.39 is 0 Å². The van der Waals surface area contributed by atoms with Gasteiger partial charge in [-0.15, -0.1) is 0 Å². The Hall–Kier alpha value is 0.230. The molecular weight excluding hydrogens is 210 g/mol. The van der Waals surface area contributed by atoms with Crippen LogP contribution >= 0.6 is 11.8 Å². The van der Waals surface area contributed by atoms with E-state index in [0.29, 0.717) is 12.1 Å². The van der Waals surface area contributed by atoms with E-state index in [1.165, 1.54) is 12.8 Å². The van der Waals surface area contributed by atoms with Gasteiger partial charge in [0.1, 0.15) is 0 Å². The van der Waals surface area contributed by atoms with Gasteiger partial charge in [-0.3, -0.25) is 0 Å². The number of nitrogens with one attached hydrogen (secondary N) is 1. The molecule has 0 amide bonds. The van der Waals surface area contributed by atoms with E-state index in [1.807, 2.05) is 11.8 Å². The molecule has 90 valence electrons. The summed E-state index contributed by atoms with van der Waals surface area (Å²) in [5.41, 5.74) is 0. The summed E-state index contributed by atoms with van der Waals surface area (Å²) in [6, 6.07) is 0.655. The minimum absolute atomic E-state index is 0.219. The van der Waals surface area contributed by atoms with Crippen LogP contribution in [0.15, 0.2) is 0 Å². The second-order valence-corrected chi connectivity index (χ2v) is 5.45. The molecule has 1 aliphatic heterocycles. The van der Waals surface area contributed by atoms with Crippen LogP contribution in [-0.2, 0) is 4.74 Å². The van der Waals surface area contributed by atoms with Crippen molar-refractivity contribution in [3.63, 3.8) is 0 Å².